The van der Waals surface area contributed by atoms with Crippen LogP contribution in [0, 0.1) is 27.7 Å². The summed E-state index contributed by atoms with van der Waals surface area (Å²) in [7, 11) is 0. The van der Waals surface area contributed by atoms with Crippen LogP contribution in [0.3, 0.4) is 0 Å². The normalized spacial score (nSPS) is 11.7. The highest BCUT2D eigenvalue weighted by atomic mass is 19.4. The Balaban J connectivity index is 1.25. The lowest BCUT2D eigenvalue weighted by atomic mass is 9.95. The Morgan fingerprint density at radius 2 is 0.680 bits per heavy atom. The first-order chi connectivity index (χ1) is 36.4. The second kappa shape index (κ2) is 19.0. The molecule has 3 heterocycles. The van der Waals surface area contributed by atoms with Gasteiger partial charge >= 0.3 is 6.18 Å². The van der Waals surface area contributed by atoms with E-state index < -0.39 is 11.7 Å². The fourth-order valence-corrected chi connectivity index (χ4v) is 10.4. The average molecular weight is 980 g/mol. The largest absolute Gasteiger partial charge is 0.416 e. The summed E-state index contributed by atoms with van der Waals surface area (Å²) in [6, 6.07) is 70.5. The maximum atomic E-state index is 16.0. The average Bonchev–Trinajstić information content (AvgIpc) is 3.75. The van der Waals surface area contributed by atoms with E-state index in [-0.39, 0.29) is 22.8 Å². The van der Waals surface area contributed by atoms with Crippen LogP contribution in [-0.4, -0.2) is 24.5 Å². The van der Waals surface area contributed by atoms with Crippen molar-refractivity contribution in [2.24, 2.45) is 0 Å². The van der Waals surface area contributed by atoms with Crippen molar-refractivity contribution >= 4 is 21.8 Å². The molecule has 3 aromatic heterocycles. The van der Waals surface area contributed by atoms with Crippen molar-refractivity contribution in [1.29, 1.82) is 0 Å². The monoisotopic (exact) mass is 979 g/mol. The SMILES string of the molecule is Cc1ccc(-c2ccc3c(c2)c2cc(-c4ccc(C)cc4C)ccc2n3-c2c(-c3nc(-c4ccccc4)cc(-c4ccccc4)n3)cc(C(F)(F)F)cc2-c2nc(-c3ccccc3)cc(-c3ccccc3)n2)c(C)c1. The van der Waals surface area contributed by atoms with Crippen molar-refractivity contribution in [3.63, 3.8) is 0 Å². The summed E-state index contributed by atoms with van der Waals surface area (Å²) >= 11 is 0. The molecule has 0 unspecified atom stereocenters. The fourth-order valence-electron chi connectivity index (χ4n) is 10.4. The number of aryl methyl sites for hydroxylation is 4. The van der Waals surface area contributed by atoms with Crippen LogP contribution in [-0.2, 0) is 6.18 Å². The molecule has 12 aromatic rings. The molecule has 0 bridgehead atoms. The summed E-state index contributed by atoms with van der Waals surface area (Å²) in [5, 5.41) is 1.83. The predicted molar refractivity (Wildman–Crippen MR) is 299 cm³/mol. The molecule has 0 saturated carbocycles. The lowest BCUT2D eigenvalue weighted by Crippen LogP contribution is -2.11. The van der Waals surface area contributed by atoms with Gasteiger partial charge in [-0.1, -0.05) is 181 Å². The molecule has 0 saturated heterocycles. The van der Waals surface area contributed by atoms with E-state index in [4.69, 9.17) is 19.9 Å². The third-order valence-corrected chi connectivity index (χ3v) is 14.0. The molecule has 0 aliphatic rings. The number of alkyl halides is 3. The number of rotatable bonds is 9. The first kappa shape index (κ1) is 46.8. The number of aromatic nitrogens is 5. The Bertz CT molecular complexity index is 3760. The molecule has 0 radical (unpaired) electrons. The van der Waals surface area contributed by atoms with Gasteiger partial charge in [-0.25, -0.2) is 19.9 Å². The van der Waals surface area contributed by atoms with Gasteiger partial charge in [0.05, 0.1) is 45.1 Å². The van der Waals surface area contributed by atoms with Crippen molar-refractivity contribution in [1.82, 2.24) is 24.5 Å². The van der Waals surface area contributed by atoms with E-state index in [1.807, 2.05) is 133 Å². The fraction of sp³-hybridized carbons (Fsp3) is 0.0746. The minimum Gasteiger partial charge on any atom is -0.308 e. The van der Waals surface area contributed by atoms with Crippen molar-refractivity contribution in [2.45, 2.75) is 33.9 Å². The highest BCUT2D eigenvalue weighted by molar-refractivity contribution is 6.13. The quantitative estimate of drug-likeness (QED) is 0.145. The number of fused-ring (bicyclic) bond motifs is 3. The van der Waals surface area contributed by atoms with E-state index in [9.17, 15) is 0 Å². The molecule has 0 fully saturated rings. The topological polar surface area (TPSA) is 56.5 Å². The lowest BCUT2D eigenvalue weighted by Gasteiger charge is -2.21. The molecule has 75 heavy (non-hydrogen) atoms. The van der Waals surface area contributed by atoms with Gasteiger partial charge in [0.25, 0.3) is 0 Å². The van der Waals surface area contributed by atoms with Crippen molar-refractivity contribution < 1.29 is 13.2 Å². The first-order valence-corrected chi connectivity index (χ1v) is 24.9. The molecule has 12 rings (SSSR count). The molecular weight excluding hydrogens is 932 g/mol. The van der Waals surface area contributed by atoms with Gasteiger partial charge in [0.1, 0.15) is 0 Å². The van der Waals surface area contributed by atoms with Crippen molar-refractivity contribution in [3.8, 4) is 95.7 Å². The summed E-state index contributed by atoms with van der Waals surface area (Å²) in [6.07, 6.45) is -4.80. The van der Waals surface area contributed by atoms with E-state index in [0.717, 1.165) is 88.6 Å². The summed E-state index contributed by atoms with van der Waals surface area (Å²) in [5.41, 5.74) is 15.5. The summed E-state index contributed by atoms with van der Waals surface area (Å²) in [6.45, 7) is 8.42. The number of halogens is 3. The van der Waals surface area contributed by atoms with Gasteiger partial charge in [0, 0.05) is 44.2 Å². The summed E-state index contributed by atoms with van der Waals surface area (Å²) < 4.78 is 50.0. The van der Waals surface area contributed by atoms with Crippen LogP contribution in [0.4, 0.5) is 13.2 Å². The van der Waals surface area contributed by atoms with Gasteiger partial charge in [-0.15, -0.1) is 0 Å². The molecule has 0 aliphatic heterocycles. The number of hydrogen-bond donors (Lipinski definition) is 0. The molecular formula is C67H48F3N5. The standard InChI is InChI=1S/C67H48F3N5/c1-41-25-29-52(43(3)33-41)49-27-31-62-54(35-49)55-36-50(53-30-26-42(2)34-44(53)4)28-32-63(55)75(62)64-56(65-71-58(45-17-9-5-10-18-45)39-59(72-65)46-19-11-6-12-20-46)37-51(67(68,69)70)38-57(64)66-73-60(47-21-13-7-14-22-47)40-61(74-66)48-23-15-8-16-24-48/h5-40H,1-4H3. The van der Waals surface area contributed by atoms with Crippen LogP contribution in [0.5, 0.6) is 0 Å². The Kier molecular flexibility index (Phi) is 11.8. The van der Waals surface area contributed by atoms with Crippen LogP contribution in [0.25, 0.3) is 118 Å². The van der Waals surface area contributed by atoms with Crippen LogP contribution >= 0.6 is 0 Å². The third kappa shape index (κ3) is 8.95. The minimum absolute atomic E-state index is 0.105. The van der Waals surface area contributed by atoms with Gasteiger partial charge in [-0.05, 0) is 110 Å². The highest BCUT2D eigenvalue weighted by Gasteiger charge is 2.35. The van der Waals surface area contributed by atoms with Gasteiger partial charge in [-0.3, -0.25) is 0 Å². The third-order valence-electron chi connectivity index (χ3n) is 14.0. The molecule has 362 valence electrons. The molecule has 0 N–H and O–H groups in total. The number of hydrogen-bond acceptors (Lipinski definition) is 4. The van der Waals surface area contributed by atoms with Crippen LogP contribution in [0.2, 0.25) is 0 Å². The Labute approximate surface area is 433 Å². The zero-order valence-electron chi connectivity index (χ0n) is 41.7. The van der Waals surface area contributed by atoms with Crippen LogP contribution in [0.1, 0.15) is 27.8 Å². The van der Waals surface area contributed by atoms with Crippen LogP contribution in [0.15, 0.2) is 218 Å². The molecule has 8 heteroatoms. The molecule has 0 atom stereocenters. The van der Waals surface area contributed by atoms with Crippen LogP contribution < -0.4 is 0 Å². The maximum absolute atomic E-state index is 16.0. The zero-order valence-corrected chi connectivity index (χ0v) is 41.7. The number of nitrogens with zero attached hydrogens (tertiary/aromatic N) is 5. The van der Waals surface area contributed by atoms with Gasteiger partial charge in [0.2, 0.25) is 0 Å². The first-order valence-electron chi connectivity index (χ1n) is 24.9. The number of benzene rings is 9. The lowest BCUT2D eigenvalue weighted by molar-refractivity contribution is -0.137. The van der Waals surface area contributed by atoms with Gasteiger partial charge in [0.15, 0.2) is 11.6 Å². The second-order valence-electron chi connectivity index (χ2n) is 19.2. The predicted octanol–water partition coefficient (Wildman–Crippen LogP) is 18.0. The van der Waals surface area contributed by atoms with Crippen molar-refractivity contribution in [2.75, 3.05) is 0 Å². The molecule has 0 amide bonds. The van der Waals surface area contributed by atoms with E-state index in [1.165, 1.54) is 12.1 Å². The minimum atomic E-state index is -4.80. The Morgan fingerprint density at radius 3 is 1.00 bits per heavy atom. The summed E-state index contributed by atoms with van der Waals surface area (Å²) in [5.74, 6) is 0.211. The Morgan fingerprint density at radius 1 is 0.333 bits per heavy atom. The second-order valence-corrected chi connectivity index (χ2v) is 19.2. The van der Waals surface area contributed by atoms with E-state index in [0.29, 0.717) is 28.5 Å². The van der Waals surface area contributed by atoms with Crippen molar-refractivity contribution in [3.05, 3.63) is 246 Å². The van der Waals surface area contributed by atoms with E-state index >= 15 is 13.2 Å². The van der Waals surface area contributed by atoms with Gasteiger partial charge in [-0.2, -0.15) is 13.2 Å². The van der Waals surface area contributed by atoms with E-state index in [2.05, 4.69) is 105 Å². The smallest absolute Gasteiger partial charge is 0.308 e. The highest BCUT2D eigenvalue weighted by Crippen LogP contribution is 2.46. The maximum Gasteiger partial charge on any atom is 0.416 e. The zero-order chi connectivity index (χ0) is 51.4. The van der Waals surface area contributed by atoms with E-state index in [1.54, 1.807) is 0 Å². The van der Waals surface area contributed by atoms with Gasteiger partial charge < -0.3 is 4.57 Å². The molecule has 5 nitrogen and oxygen atoms in total. The Hall–Kier alpha value is -9.27. The molecule has 0 aliphatic carbocycles. The summed E-state index contributed by atoms with van der Waals surface area (Å²) in [4.78, 5) is 20.9. The molecule has 9 aromatic carbocycles. The molecule has 0 spiro atoms.